The van der Waals surface area contributed by atoms with Crippen molar-refractivity contribution in [2.24, 2.45) is 0 Å². The first-order valence-corrected chi connectivity index (χ1v) is 9.57. The summed E-state index contributed by atoms with van der Waals surface area (Å²) in [5.74, 6) is -0.0555. The topological polar surface area (TPSA) is 81.7 Å². The molecule has 6 nitrogen and oxygen atoms in total. The second kappa shape index (κ2) is 8.33. The predicted octanol–water partition coefficient (Wildman–Crippen LogP) is 2.64. The lowest BCUT2D eigenvalue weighted by Gasteiger charge is -2.11. The summed E-state index contributed by atoms with van der Waals surface area (Å²) >= 11 is 0. The summed E-state index contributed by atoms with van der Waals surface area (Å²) in [6.45, 7) is 5.22. The van der Waals surface area contributed by atoms with Crippen molar-refractivity contribution in [1.29, 1.82) is 0 Å². The van der Waals surface area contributed by atoms with Crippen molar-refractivity contribution >= 4 is 16.0 Å². The van der Waals surface area contributed by atoms with Crippen LogP contribution in [0.25, 0.3) is 0 Å². The molecule has 0 fully saturated rings. The van der Waals surface area contributed by atoms with Gasteiger partial charge >= 0.3 is 5.97 Å². The Morgan fingerprint density at radius 2 is 1.77 bits per heavy atom. The molecule has 0 aliphatic heterocycles. The van der Waals surface area contributed by atoms with Gasteiger partial charge in [0.05, 0.1) is 12.0 Å². The van der Waals surface area contributed by atoms with Gasteiger partial charge in [0.15, 0.2) is 0 Å². The maximum atomic E-state index is 12.3. The fourth-order valence-electron chi connectivity index (χ4n) is 2.35. The number of methoxy groups -OCH3 is 1. The van der Waals surface area contributed by atoms with Gasteiger partial charge in [-0.25, -0.2) is 8.42 Å². The van der Waals surface area contributed by atoms with Crippen LogP contribution in [-0.2, 0) is 26.2 Å². The molecule has 0 amide bonds. The third-order valence-electron chi connectivity index (χ3n) is 4.02. The fraction of sp³-hybridized carbons (Fsp3) is 0.316. The van der Waals surface area contributed by atoms with Crippen LogP contribution >= 0.6 is 0 Å². The Hall–Kier alpha value is -2.38. The average Bonchev–Trinajstić information content (AvgIpc) is 2.60. The van der Waals surface area contributed by atoms with Crippen molar-refractivity contribution in [2.45, 2.75) is 32.3 Å². The number of carbonyl (C=O) groups excluding carboxylic acids is 1. The molecule has 0 bridgehead atoms. The highest BCUT2D eigenvalue weighted by molar-refractivity contribution is 7.89. The molecule has 1 N–H and O–H groups in total. The minimum atomic E-state index is -3.77. The molecule has 2 rings (SSSR count). The van der Waals surface area contributed by atoms with E-state index in [-0.39, 0.29) is 11.5 Å². The van der Waals surface area contributed by atoms with Gasteiger partial charge in [0, 0.05) is 5.56 Å². The molecule has 0 unspecified atom stereocenters. The summed E-state index contributed by atoms with van der Waals surface area (Å²) in [7, 11) is -2.24. The Labute approximate surface area is 154 Å². The Bertz CT molecular complexity index is 906. The SMILES string of the molecule is COc1ccc(C)cc1COC(=O)CNS(=O)(=O)c1ccc(C)c(C)c1. The molecule has 2 aromatic carbocycles. The molecule has 0 heterocycles. The second-order valence-electron chi connectivity index (χ2n) is 6.05. The number of aryl methyl sites for hydroxylation is 3. The molecule has 2 aromatic rings. The number of ether oxygens (including phenoxy) is 2. The van der Waals surface area contributed by atoms with Crippen molar-refractivity contribution < 1.29 is 22.7 Å². The van der Waals surface area contributed by atoms with Crippen LogP contribution in [0.2, 0.25) is 0 Å². The minimum Gasteiger partial charge on any atom is -0.496 e. The summed E-state index contributed by atoms with van der Waals surface area (Å²) in [5.41, 5.74) is 3.59. The Morgan fingerprint density at radius 3 is 2.42 bits per heavy atom. The van der Waals surface area contributed by atoms with Crippen molar-refractivity contribution in [3.8, 4) is 5.75 Å². The van der Waals surface area contributed by atoms with Gasteiger partial charge in [0.1, 0.15) is 18.9 Å². The molecule has 140 valence electrons. The van der Waals surface area contributed by atoms with Crippen LogP contribution in [0, 0.1) is 20.8 Å². The minimum absolute atomic E-state index is 0.00898. The highest BCUT2D eigenvalue weighted by Gasteiger charge is 2.17. The lowest BCUT2D eigenvalue weighted by atomic mass is 10.1. The first-order valence-electron chi connectivity index (χ1n) is 8.09. The van der Waals surface area contributed by atoms with Crippen LogP contribution < -0.4 is 9.46 Å². The Kier molecular flexibility index (Phi) is 6.39. The third kappa shape index (κ3) is 5.06. The van der Waals surface area contributed by atoms with E-state index in [1.54, 1.807) is 18.2 Å². The molecule has 0 aliphatic rings. The van der Waals surface area contributed by atoms with E-state index in [1.807, 2.05) is 32.9 Å². The van der Waals surface area contributed by atoms with Gasteiger partial charge in [-0.1, -0.05) is 17.7 Å². The van der Waals surface area contributed by atoms with Crippen LogP contribution in [0.5, 0.6) is 5.75 Å². The number of benzene rings is 2. The number of rotatable bonds is 7. The first kappa shape index (κ1) is 19.9. The van der Waals surface area contributed by atoms with E-state index < -0.39 is 22.5 Å². The van der Waals surface area contributed by atoms with Crippen LogP contribution in [0.1, 0.15) is 22.3 Å². The molecule has 0 saturated carbocycles. The number of nitrogens with one attached hydrogen (secondary N) is 1. The summed E-state index contributed by atoms with van der Waals surface area (Å²) in [6.07, 6.45) is 0. The van der Waals surface area contributed by atoms with Crippen LogP contribution in [0.3, 0.4) is 0 Å². The standard InChI is InChI=1S/C19H23NO5S/c1-13-5-8-18(24-4)16(9-13)12-25-19(21)11-20-26(22,23)17-7-6-14(2)15(3)10-17/h5-10,20H,11-12H2,1-4H3. The number of carbonyl (C=O) groups is 1. The zero-order valence-electron chi connectivity index (χ0n) is 15.3. The summed E-state index contributed by atoms with van der Waals surface area (Å²) in [4.78, 5) is 12.0. The van der Waals surface area contributed by atoms with Gasteiger partial charge in [-0.15, -0.1) is 0 Å². The van der Waals surface area contributed by atoms with Crippen LogP contribution in [0.15, 0.2) is 41.3 Å². The smallest absolute Gasteiger partial charge is 0.321 e. The van der Waals surface area contributed by atoms with Gasteiger partial charge in [-0.2, -0.15) is 4.72 Å². The van der Waals surface area contributed by atoms with Gasteiger partial charge in [0.25, 0.3) is 0 Å². The van der Waals surface area contributed by atoms with E-state index in [1.165, 1.54) is 13.2 Å². The molecular formula is C19H23NO5S. The van der Waals surface area contributed by atoms with Crippen LogP contribution in [-0.4, -0.2) is 28.0 Å². The second-order valence-corrected chi connectivity index (χ2v) is 7.81. The van der Waals surface area contributed by atoms with Gasteiger partial charge in [0.2, 0.25) is 10.0 Å². The third-order valence-corrected chi connectivity index (χ3v) is 5.42. The molecule has 0 radical (unpaired) electrons. The molecule has 7 heteroatoms. The fourth-order valence-corrected chi connectivity index (χ4v) is 3.40. The molecule has 0 spiro atoms. The van der Waals surface area contributed by atoms with Crippen molar-refractivity contribution in [3.05, 3.63) is 58.7 Å². The lowest BCUT2D eigenvalue weighted by molar-refractivity contribution is -0.143. The van der Waals surface area contributed by atoms with Crippen molar-refractivity contribution in [3.63, 3.8) is 0 Å². The summed E-state index contributed by atoms with van der Waals surface area (Å²) < 4.78 is 37.2. The summed E-state index contributed by atoms with van der Waals surface area (Å²) in [6, 6.07) is 10.3. The largest absolute Gasteiger partial charge is 0.496 e. The van der Waals surface area contributed by atoms with Gasteiger partial charge in [-0.05, 0) is 56.2 Å². The van der Waals surface area contributed by atoms with E-state index in [0.29, 0.717) is 5.75 Å². The first-order chi connectivity index (χ1) is 12.2. The van der Waals surface area contributed by atoms with E-state index in [0.717, 1.165) is 22.3 Å². The monoisotopic (exact) mass is 377 g/mol. The Balaban J connectivity index is 1.96. The maximum absolute atomic E-state index is 12.3. The molecule has 0 aromatic heterocycles. The zero-order valence-corrected chi connectivity index (χ0v) is 16.1. The van der Waals surface area contributed by atoms with Crippen molar-refractivity contribution in [2.75, 3.05) is 13.7 Å². The molecule has 0 aliphatic carbocycles. The maximum Gasteiger partial charge on any atom is 0.321 e. The highest BCUT2D eigenvalue weighted by atomic mass is 32.2. The van der Waals surface area contributed by atoms with E-state index >= 15 is 0 Å². The lowest BCUT2D eigenvalue weighted by Crippen LogP contribution is -2.30. The normalized spacial score (nSPS) is 11.2. The molecule has 0 saturated heterocycles. The Morgan fingerprint density at radius 1 is 1.04 bits per heavy atom. The molecule has 26 heavy (non-hydrogen) atoms. The molecular weight excluding hydrogens is 354 g/mol. The quantitative estimate of drug-likeness (QED) is 0.750. The number of sulfonamides is 1. The molecule has 0 atom stereocenters. The summed E-state index contributed by atoms with van der Waals surface area (Å²) in [5, 5.41) is 0. The van der Waals surface area contributed by atoms with Crippen LogP contribution in [0.4, 0.5) is 0 Å². The predicted molar refractivity (Wildman–Crippen MR) is 98.6 cm³/mol. The zero-order chi connectivity index (χ0) is 19.3. The number of hydrogen-bond donors (Lipinski definition) is 1. The average molecular weight is 377 g/mol. The van der Waals surface area contributed by atoms with E-state index in [2.05, 4.69) is 4.72 Å². The van der Waals surface area contributed by atoms with Crippen molar-refractivity contribution in [1.82, 2.24) is 4.72 Å². The highest BCUT2D eigenvalue weighted by Crippen LogP contribution is 2.20. The van der Waals surface area contributed by atoms with Gasteiger partial charge in [-0.3, -0.25) is 4.79 Å². The number of hydrogen-bond acceptors (Lipinski definition) is 5. The van der Waals surface area contributed by atoms with E-state index in [9.17, 15) is 13.2 Å². The van der Waals surface area contributed by atoms with E-state index in [4.69, 9.17) is 9.47 Å². The number of esters is 1. The van der Waals surface area contributed by atoms with Gasteiger partial charge < -0.3 is 9.47 Å².